The number of pyridine rings is 2. The first-order chi connectivity index (χ1) is 12.6. The number of benzene rings is 1. The van der Waals surface area contributed by atoms with E-state index in [0.29, 0.717) is 59.5 Å². The van der Waals surface area contributed by atoms with Crippen molar-refractivity contribution in [3.8, 4) is 11.4 Å². The van der Waals surface area contributed by atoms with Gasteiger partial charge in [-0.1, -0.05) is 11.6 Å². The Morgan fingerprint density at radius 2 is 1.92 bits per heavy atom. The lowest BCUT2D eigenvalue weighted by Gasteiger charge is -2.27. The summed E-state index contributed by atoms with van der Waals surface area (Å²) < 4.78 is 5.35. The molecule has 1 saturated heterocycles. The Morgan fingerprint density at radius 3 is 2.65 bits per heavy atom. The molecule has 3 heterocycles. The Bertz CT molecular complexity index is 969. The van der Waals surface area contributed by atoms with E-state index in [0.717, 1.165) is 5.39 Å². The largest absolute Gasteiger partial charge is 0.397 e. The van der Waals surface area contributed by atoms with E-state index in [1.807, 2.05) is 6.07 Å². The van der Waals surface area contributed by atoms with E-state index in [4.69, 9.17) is 22.1 Å². The van der Waals surface area contributed by atoms with Crippen molar-refractivity contribution in [1.29, 1.82) is 0 Å². The molecule has 6 nitrogen and oxygen atoms in total. The van der Waals surface area contributed by atoms with E-state index in [1.54, 1.807) is 41.4 Å². The zero-order chi connectivity index (χ0) is 18.1. The molecular formula is C19H17ClN4O2. The third-order valence-corrected chi connectivity index (χ3v) is 4.58. The highest BCUT2D eigenvalue weighted by molar-refractivity contribution is 6.31. The first-order valence-corrected chi connectivity index (χ1v) is 8.69. The van der Waals surface area contributed by atoms with Gasteiger partial charge in [0, 0.05) is 23.5 Å². The number of carbonyl (C=O) groups is 1. The highest BCUT2D eigenvalue weighted by Gasteiger charge is 2.22. The molecule has 0 saturated carbocycles. The van der Waals surface area contributed by atoms with Crippen molar-refractivity contribution >= 4 is 34.1 Å². The molecule has 1 aliphatic heterocycles. The van der Waals surface area contributed by atoms with Crippen LogP contribution in [-0.2, 0) is 4.74 Å². The molecule has 0 radical (unpaired) electrons. The number of amides is 1. The quantitative estimate of drug-likeness (QED) is 0.752. The molecule has 0 atom stereocenters. The van der Waals surface area contributed by atoms with Gasteiger partial charge in [0.1, 0.15) is 0 Å². The number of nitrogen functional groups attached to an aromatic ring is 1. The van der Waals surface area contributed by atoms with Crippen molar-refractivity contribution in [1.82, 2.24) is 14.9 Å². The predicted molar refractivity (Wildman–Crippen MR) is 101 cm³/mol. The molecule has 2 N–H and O–H groups in total. The fraction of sp³-hybridized carbons (Fsp3) is 0.211. The van der Waals surface area contributed by atoms with Crippen LogP contribution in [0.25, 0.3) is 22.3 Å². The summed E-state index contributed by atoms with van der Waals surface area (Å²) in [7, 11) is 0. The molecule has 1 fully saturated rings. The minimum Gasteiger partial charge on any atom is -0.397 e. The zero-order valence-corrected chi connectivity index (χ0v) is 14.7. The predicted octanol–water partition coefficient (Wildman–Crippen LogP) is 3.00. The fourth-order valence-electron chi connectivity index (χ4n) is 3.00. The summed E-state index contributed by atoms with van der Waals surface area (Å²) in [5.74, 6) is -0.0559. The maximum Gasteiger partial charge on any atom is 0.254 e. The molecule has 0 unspecified atom stereocenters. The number of ether oxygens (including phenoxy) is 1. The third-order valence-electron chi connectivity index (χ3n) is 4.35. The van der Waals surface area contributed by atoms with Gasteiger partial charge >= 0.3 is 0 Å². The molecule has 26 heavy (non-hydrogen) atoms. The van der Waals surface area contributed by atoms with Crippen LogP contribution in [0.3, 0.4) is 0 Å². The molecule has 0 bridgehead atoms. The number of morpholine rings is 1. The normalized spacial score (nSPS) is 14.6. The van der Waals surface area contributed by atoms with E-state index in [1.165, 1.54) is 0 Å². The van der Waals surface area contributed by atoms with Crippen molar-refractivity contribution in [2.45, 2.75) is 0 Å². The lowest BCUT2D eigenvalue weighted by Crippen LogP contribution is -2.40. The number of rotatable bonds is 2. The highest BCUT2D eigenvalue weighted by atomic mass is 35.5. The van der Waals surface area contributed by atoms with Gasteiger partial charge in [-0.3, -0.25) is 9.78 Å². The molecule has 0 spiro atoms. The first kappa shape index (κ1) is 16.8. The third kappa shape index (κ3) is 3.21. The number of aromatic nitrogens is 2. The number of anilines is 1. The second-order valence-corrected chi connectivity index (χ2v) is 6.53. The molecular weight excluding hydrogens is 352 g/mol. The summed E-state index contributed by atoms with van der Waals surface area (Å²) in [5, 5.41) is 1.29. The monoisotopic (exact) mass is 368 g/mol. The van der Waals surface area contributed by atoms with Crippen molar-refractivity contribution in [2.24, 2.45) is 0 Å². The minimum absolute atomic E-state index is 0.0559. The Morgan fingerprint density at radius 1 is 1.12 bits per heavy atom. The highest BCUT2D eigenvalue weighted by Crippen LogP contribution is 2.27. The maximum atomic E-state index is 13.1. The molecule has 1 amide bonds. The summed E-state index contributed by atoms with van der Waals surface area (Å²) in [4.78, 5) is 23.9. The number of hydrogen-bond acceptors (Lipinski definition) is 5. The fourth-order valence-corrected chi connectivity index (χ4v) is 3.17. The second kappa shape index (κ2) is 6.90. The number of nitrogens with zero attached hydrogens (tertiary/aromatic N) is 3. The topological polar surface area (TPSA) is 81.3 Å². The van der Waals surface area contributed by atoms with Crippen LogP contribution >= 0.6 is 11.6 Å². The maximum absolute atomic E-state index is 13.1. The van der Waals surface area contributed by atoms with Crippen molar-refractivity contribution in [3.05, 3.63) is 53.2 Å². The summed E-state index contributed by atoms with van der Waals surface area (Å²) in [6.45, 7) is 2.22. The number of fused-ring (bicyclic) bond motifs is 1. The van der Waals surface area contributed by atoms with E-state index < -0.39 is 0 Å². The van der Waals surface area contributed by atoms with E-state index >= 15 is 0 Å². The van der Waals surface area contributed by atoms with Gasteiger partial charge in [0.2, 0.25) is 0 Å². The summed E-state index contributed by atoms with van der Waals surface area (Å²) in [6, 6.07) is 10.7. The average molecular weight is 369 g/mol. The van der Waals surface area contributed by atoms with E-state index in [2.05, 4.69) is 9.97 Å². The van der Waals surface area contributed by atoms with Crippen LogP contribution < -0.4 is 5.73 Å². The Hall–Kier alpha value is -2.70. The summed E-state index contributed by atoms with van der Waals surface area (Å²) in [6.07, 6.45) is 1.58. The lowest BCUT2D eigenvalue weighted by molar-refractivity contribution is 0.0304. The number of carbonyl (C=O) groups excluding carboxylic acids is 1. The lowest BCUT2D eigenvalue weighted by atomic mass is 10.0. The van der Waals surface area contributed by atoms with Crippen molar-refractivity contribution in [3.63, 3.8) is 0 Å². The van der Waals surface area contributed by atoms with Gasteiger partial charge in [-0.2, -0.15) is 0 Å². The molecule has 3 aromatic rings. The summed E-state index contributed by atoms with van der Waals surface area (Å²) in [5.41, 5.74) is 8.83. The van der Waals surface area contributed by atoms with Crippen LogP contribution in [-0.4, -0.2) is 47.1 Å². The smallest absolute Gasteiger partial charge is 0.254 e. The zero-order valence-electron chi connectivity index (χ0n) is 14.0. The van der Waals surface area contributed by atoms with Gasteiger partial charge < -0.3 is 15.4 Å². The molecule has 0 aliphatic carbocycles. The van der Waals surface area contributed by atoms with E-state index in [9.17, 15) is 4.79 Å². The molecule has 1 aliphatic rings. The van der Waals surface area contributed by atoms with Crippen LogP contribution in [0, 0.1) is 0 Å². The number of hydrogen-bond donors (Lipinski definition) is 1. The number of nitrogens with two attached hydrogens (primary N) is 1. The van der Waals surface area contributed by atoms with Gasteiger partial charge in [-0.25, -0.2) is 4.98 Å². The van der Waals surface area contributed by atoms with Crippen molar-refractivity contribution < 1.29 is 9.53 Å². The number of halogens is 1. The van der Waals surface area contributed by atoms with Gasteiger partial charge in [0.25, 0.3) is 5.91 Å². The van der Waals surface area contributed by atoms with Crippen LogP contribution in [0.1, 0.15) is 10.4 Å². The molecule has 132 valence electrons. The molecule has 1 aromatic carbocycles. The second-order valence-electron chi connectivity index (χ2n) is 6.10. The average Bonchev–Trinajstić information content (AvgIpc) is 2.68. The summed E-state index contributed by atoms with van der Waals surface area (Å²) >= 11 is 6.16. The standard InChI is InChI=1S/C19H17ClN4O2/c20-12-1-3-16-14(9-12)15(19(25)24-5-7-26-8-6-24)10-18(23-16)17-4-2-13(21)11-22-17/h1-4,9-11H,5-8,21H2. The molecule has 7 heteroatoms. The van der Waals surface area contributed by atoms with Gasteiger partial charge in [-0.15, -0.1) is 0 Å². The van der Waals surface area contributed by atoms with Crippen LogP contribution in [0.15, 0.2) is 42.6 Å². The Balaban J connectivity index is 1.86. The van der Waals surface area contributed by atoms with Gasteiger partial charge in [0.05, 0.1) is 47.6 Å². The SMILES string of the molecule is Nc1ccc(-c2cc(C(=O)N3CCOCC3)c3cc(Cl)ccc3n2)nc1. The first-order valence-electron chi connectivity index (χ1n) is 8.31. The van der Waals surface area contributed by atoms with Gasteiger partial charge in [-0.05, 0) is 36.4 Å². The van der Waals surface area contributed by atoms with Crippen LogP contribution in [0.2, 0.25) is 5.02 Å². The minimum atomic E-state index is -0.0559. The van der Waals surface area contributed by atoms with E-state index in [-0.39, 0.29) is 5.91 Å². The molecule has 4 rings (SSSR count). The van der Waals surface area contributed by atoms with Crippen LogP contribution in [0.5, 0.6) is 0 Å². The van der Waals surface area contributed by atoms with Gasteiger partial charge in [0.15, 0.2) is 0 Å². The van der Waals surface area contributed by atoms with Crippen LogP contribution in [0.4, 0.5) is 5.69 Å². The van der Waals surface area contributed by atoms with Crippen molar-refractivity contribution in [2.75, 3.05) is 32.0 Å². The Kier molecular flexibility index (Phi) is 4.44. The molecule has 2 aromatic heterocycles. The Labute approximate surface area is 155 Å².